The first kappa shape index (κ1) is 26.7. The molecule has 0 spiro atoms. The summed E-state index contributed by atoms with van der Waals surface area (Å²) < 4.78 is 2.55. The highest BCUT2D eigenvalue weighted by Crippen LogP contribution is 2.43. The second-order valence-electron chi connectivity index (χ2n) is 12.3. The number of benzene rings is 2. The summed E-state index contributed by atoms with van der Waals surface area (Å²) in [6, 6.07) is 15.9. The van der Waals surface area contributed by atoms with Crippen LogP contribution in [0.2, 0.25) is 0 Å². The van der Waals surface area contributed by atoms with Crippen LogP contribution in [0.5, 0.6) is 0 Å². The lowest BCUT2D eigenvalue weighted by Crippen LogP contribution is -2.21. The molecule has 0 amide bonds. The smallest absolute Gasteiger partial charge is 0.144 e. The number of unbranched alkanes of at least 4 members (excludes halogenated alkanes) is 3. The van der Waals surface area contributed by atoms with E-state index >= 15 is 0 Å². The van der Waals surface area contributed by atoms with Crippen molar-refractivity contribution >= 4 is 0 Å². The summed E-state index contributed by atoms with van der Waals surface area (Å²) in [5.41, 5.74) is 8.57. The van der Waals surface area contributed by atoms with Gasteiger partial charge in [0.25, 0.3) is 0 Å². The van der Waals surface area contributed by atoms with E-state index in [0.29, 0.717) is 11.8 Å². The highest BCUT2D eigenvalue weighted by atomic mass is 15.1. The van der Waals surface area contributed by atoms with E-state index in [1.54, 1.807) is 5.56 Å². The predicted octanol–water partition coefficient (Wildman–Crippen LogP) is 10.1. The van der Waals surface area contributed by atoms with Crippen LogP contribution < -0.4 is 0 Å². The Kier molecular flexibility index (Phi) is 8.75. The molecule has 4 rings (SSSR count). The van der Waals surface area contributed by atoms with E-state index in [9.17, 15) is 0 Å². The number of aryl methyl sites for hydroxylation is 1. The molecular weight excluding hydrogens is 436 g/mol. The van der Waals surface area contributed by atoms with Gasteiger partial charge in [0.15, 0.2) is 0 Å². The normalized spacial score (nSPS) is 15.1. The molecular formula is C34H48N2. The third-order valence-electron chi connectivity index (χ3n) is 8.01. The standard InChI is InChI=1S/C34H48N2/c1-7-8-9-12-17-26-22-29(27-18-13-10-14-19-27)32(30(23-26)34(4,5)6)36-31(25(2)3)24-35-33(36)28-20-15-11-16-21-28/h11,15-16,20-25,27H,7-10,12-14,17-19H2,1-6H3. The molecule has 2 nitrogen and oxygen atoms in total. The molecule has 0 atom stereocenters. The summed E-state index contributed by atoms with van der Waals surface area (Å²) in [5, 5.41) is 0. The highest BCUT2D eigenvalue weighted by molar-refractivity contribution is 5.65. The van der Waals surface area contributed by atoms with Gasteiger partial charge in [0.1, 0.15) is 5.82 Å². The van der Waals surface area contributed by atoms with Gasteiger partial charge in [-0.05, 0) is 59.6 Å². The number of imidazole rings is 1. The Morgan fingerprint density at radius 3 is 2.31 bits per heavy atom. The second-order valence-corrected chi connectivity index (χ2v) is 12.3. The lowest BCUT2D eigenvalue weighted by molar-refractivity contribution is 0.441. The molecule has 0 N–H and O–H groups in total. The molecule has 1 aliphatic rings. The van der Waals surface area contributed by atoms with Gasteiger partial charge in [-0.25, -0.2) is 4.98 Å². The zero-order chi connectivity index (χ0) is 25.7. The number of nitrogens with zero attached hydrogens (tertiary/aromatic N) is 2. The van der Waals surface area contributed by atoms with Crippen molar-refractivity contribution < 1.29 is 0 Å². The van der Waals surface area contributed by atoms with Crippen molar-refractivity contribution in [1.82, 2.24) is 9.55 Å². The largest absolute Gasteiger partial charge is 0.296 e. The Balaban J connectivity index is 1.97. The molecule has 0 bridgehead atoms. The predicted molar refractivity (Wildman–Crippen MR) is 155 cm³/mol. The first-order chi connectivity index (χ1) is 17.3. The van der Waals surface area contributed by atoms with E-state index in [1.807, 2.05) is 0 Å². The molecule has 0 radical (unpaired) electrons. The van der Waals surface area contributed by atoms with Crippen LogP contribution in [-0.2, 0) is 11.8 Å². The maximum Gasteiger partial charge on any atom is 0.144 e. The van der Waals surface area contributed by atoms with Gasteiger partial charge in [-0.2, -0.15) is 0 Å². The lowest BCUT2D eigenvalue weighted by atomic mass is 9.77. The molecule has 0 unspecified atom stereocenters. The molecule has 1 aromatic heterocycles. The van der Waals surface area contributed by atoms with Gasteiger partial charge in [-0.15, -0.1) is 0 Å². The van der Waals surface area contributed by atoms with Gasteiger partial charge in [-0.1, -0.05) is 123 Å². The van der Waals surface area contributed by atoms with E-state index in [1.165, 1.54) is 92.3 Å². The minimum Gasteiger partial charge on any atom is -0.296 e. The molecule has 36 heavy (non-hydrogen) atoms. The Hall–Kier alpha value is -2.35. The summed E-state index contributed by atoms with van der Waals surface area (Å²) in [6.07, 6.45) is 15.3. The molecule has 1 heterocycles. The fourth-order valence-electron chi connectivity index (χ4n) is 5.96. The maximum atomic E-state index is 5.05. The average Bonchev–Trinajstić information content (AvgIpc) is 3.32. The minimum absolute atomic E-state index is 0.0463. The van der Waals surface area contributed by atoms with Crippen LogP contribution in [0.25, 0.3) is 17.1 Å². The third-order valence-corrected chi connectivity index (χ3v) is 8.01. The van der Waals surface area contributed by atoms with Gasteiger partial charge in [-0.3, -0.25) is 4.57 Å². The molecule has 0 saturated heterocycles. The molecule has 1 fully saturated rings. The van der Waals surface area contributed by atoms with E-state index in [0.717, 1.165) is 5.82 Å². The summed E-state index contributed by atoms with van der Waals surface area (Å²) in [7, 11) is 0. The lowest BCUT2D eigenvalue weighted by Gasteiger charge is -2.33. The topological polar surface area (TPSA) is 17.8 Å². The Morgan fingerprint density at radius 2 is 1.67 bits per heavy atom. The number of aromatic nitrogens is 2. The molecule has 2 heteroatoms. The molecule has 1 aliphatic carbocycles. The third kappa shape index (κ3) is 5.96. The first-order valence-electron chi connectivity index (χ1n) is 14.6. The van der Waals surface area contributed by atoms with Crippen molar-refractivity contribution in [2.75, 3.05) is 0 Å². The Bertz CT molecular complexity index is 1110. The molecule has 2 aromatic carbocycles. The van der Waals surface area contributed by atoms with Crippen LogP contribution in [0, 0.1) is 0 Å². The van der Waals surface area contributed by atoms with Crippen molar-refractivity contribution in [2.24, 2.45) is 0 Å². The van der Waals surface area contributed by atoms with Gasteiger partial charge in [0.2, 0.25) is 0 Å². The van der Waals surface area contributed by atoms with Crippen LogP contribution in [0.4, 0.5) is 0 Å². The zero-order valence-corrected chi connectivity index (χ0v) is 23.7. The second kappa shape index (κ2) is 11.8. The van der Waals surface area contributed by atoms with E-state index in [2.05, 4.69) is 94.8 Å². The molecule has 1 saturated carbocycles. The van der Waals surface area contributed by atoms with Gasteiger partial charge < -0.3 is 0 Å². The van der Waals surface area contributed by atoms with Crippen molar-refractivity contribution in [3.63, 3.8) is 0 Å². The summed E-state index contributed by atoms with van der Waals surface area (Å²) in [6.45, 7) is 14.1. The van der Waals surface area contributed by atoms with Crippen LogP contribution >= 0.6 is 0 Å². The van der Waals surface area contributed by atoms with Crippen molar-refractivity contribution in [2.45, 2.75) is 123 Å². The minimum atomic E-state index is 0.0463. The number of rotatable bonds is 9. The Labute approximate surface area is 220 Å². The fraction of sp³-hybridized carbons (Fsp3) is 0.559. The monoisotopic (exact) mass is 484 g/mol. The van der Waals surface area contributed by atoms with E-state index in [-0.39, 0.29) is 5.41 Å². The average molecular weight is 485 g/mol. The van der Waals surface area contributed by atoms with E-state index < -0.39 is 0 Å². The maximum absolute atomic E-state index is 5.05. The molecule has 194 valence electrons. The molecule has 3 aromatic rings. The van der Waals surface area contributed by atoms with Gasteiger partial charge >= 0.3 is 0 Å². The van der Waals surface area contributed by atoms with Crippen LogP contribution in [0.1, 0.15) is 134 Å². The fourth-order valence-corrected chi connectivity index (χ4v) is 5.96. The summed E-state index contributed by atoms with van der Waals surface area (Å²) in [5.74, 6) is 2.12. The van der Waals surface area contributed by atoms with Crippen LogP contribution in [0.15, 0.2) is 48.7 Å². The zero-order valence-electron chi connectivity index (χ0n) is 23.7. The van der Waals surface area contributed by atoms with Gasteiger partial charge in [0.05, 0.1) is 5.69 Å². The quantitative estimate of drug-likeness (QED) is 0.276. The van der Waals surface area contributed by atoms with Crippen LogP contribution in [0.3, 0.4) is 0 Å². The van der Waals surface area contributed by atoms with Crippen molar-refractivity contribution in [3.05, 3.63) is 71.0 Å². The van der Waals surface area contributed by atoms with Crippen LogP contribution in [-0.4, -0.2) is 9.55 Å². The number of hydrogen-bond acceptors (Lipinski definition) is 1. The summed E-state index contributed by atoms with van der Waals surface area (Å²) >= 11 is 0. The highest BCUT2D eigenvalue weighted by Gasteiger charge is 2.30. The van der Waals surface area contributed by atoms with Gasteiger partial charge in [0, 0.05) is 17.5 Å². The first-order valence-corrected chi connectivity index (χ1v) is 14.6. The Morgan fingerprint density at radius 1 is 0.944 bits per heavy atom. The number of hydrogen-bond donors (Lipinski definition) is 0. The SMILES string of the molecule is CCCCCCc1cc(C2CCCCC2)c(-n2c(C(C)C)cnc2-c2ccccc2)c(C(C)(C)C)c1. The van der Waals surface area contributed by atoms with E-state index in [4.69, 9.17) is 4.98 Å². The molecule has 0 aliphatic heterocycles. The van der Waals surface area contributed by atoms with Crippen molar-refractivity contribution in [3.8, 4) is 17.1 Å². The van der Waals surface area contributed by atoms with Crippen molar-refractivity contribution in [1.29, 1.82) is 0 Å². The summed E-state index contributed by atoms with van der Waals surface area (Å²) in [4.78, 5) is 5.05.